The van der Waals surface area contributed by atoms with E-state index in [0.717, 1.165) is 16.5 Å². The number of benzene rings is 3. The van der Waals surface area contributed by atoms with Crippen LogP contribution in [0.4, 0.5) is 5.69 Å². The van der Waals surface area contributed by atoms with Crippen molar-refractivity contribution in [2.24, 2.45) is 5.10 Å². The fourth-order valence-corrected chi connectivity index (χ4v) is 3.84. The Hall–Kier alpha value is -3.85. The Morgan fingerprint density at radius 2 is 1.94 bits per heavy atom. The summed E-state index contributed by atoms with van der Waals surface area (Å²) in [5.74, 6) is 1.28. The fraction of sp³-hybridized carbons (Fsp3) is 0.192. The van der Waals surface area contributed by atoms with Crippen molar-refractivity contribution in [1.29, 1.82) is 0 Å². The predicted molar refractivity (Wildman–Crippen MR) is 139 cm³/mol. The Bertz CT molecular complexity index is 1460. The molecule has 3 aromatic carbocycles. The zero-order chi connectivity index (χ0) is 24.9. The first-order valence-corrected chi connectivity index (χ1v) is 11.9. The van der Waals surface area contributed by atoms with E-state index in [1.807, 2.05) is 38.1 Å². The van der Waals surface area contributed by atoms with Crippen molar-refractivity contribution in [2.45, 2.75) is 32.8 Å². The highest BCUT2D eigenvalue weighted by molar-refractivity contribution is 9.10. The number of nitro groups is 1. The molecule has 0 spiro atoms. The standard InChI is InChI=1S/C26H23BrN4O4/c1-3-17(2)25-29-24-12-9-20(27)14-23(24)26(32)30(25)28-15-18-7-10-22(11-8-18)35-16-19-5-4-6-21(13-19)31(33)34/h4-15,17H,3,16H2,1-2H3/t17-/m1/s1. The van der Waals surface area contributed by atoms with Gasteiger partial charge in [0, 0.05) is 22.5 Å². The molecule has 0 aliphatic carbocycles. The van der Waals surface area contributed by atoms with Crippen molar-refractivity contribution in [2.75, 3.05) is 0 Å². The molecule has 0 saturated heterocycles. The summed E-state index contributed by atoms with van der Waals surface area (Å²) in [4.78, 5) is 28.4. The molecule has 4 rings (SSSR count). The second kappa shape index (κ2) is 10.6. The third kappa shape index (κ3) is 5.63. The van der Waals surface area contributed by atoms with Gasteiger partial charge < -0.3 is 4.74 Å². The second-order valence-electron chi connectivity index (χ2n) is 8.09. The van der Waals surface area contributed by atoms with Crippen LogP contribution in [0, 0.1) is 10.1 Å². The maximum Gasteiger partial charge on any atom is 0.282 e. The molecule has 1 atom stereocenters. The lowest BCUT2D eigenvalue weighted by Crippen LogP contribution is -2.23. The number of halogens is 1. The molecule has 1 aromatic heterocycles. The van der Waals surface area contributed by atoms with Crippen LogP contribution in [0.25, 0.3) is 10.9 Å². The number of nitro benzene ring substituents is 1. The first kappa shape index (κ1) is 24.3. The summed E-state index contributed by atoms with van der Waals surface area (Å²) < 4.78 is 7.92. The number of nitrogens with zero attached hydrogens (tertiary/aromatic N) is 4. The molecule has 0 aliphatic rings. The lowest BCUT2D eigenvalue weighted by atomic mass is 10.1. The van der Waals surface area contributed by atoms with E-state index in [-0.39, 0.29) is 23.8 Å². The largest absolute Gasteiger partial charge is 0.489 e. The van der Waals surface area contributed by atoms with Crippen LogP contribution in [0.5, 0.6) is 5.75 Å². The van der Waals surface area contributed by atoms with Crippen molar-refractivity contribution < 1.29 is 9.66 Å². The van der Waals surface area contributed by atoms with Gasteiger partial charge in [-0.05, 0) is 60.0 Å². The van der Waals surface area contributed by atoms with Gasteiger partial charge >= 0.3 is 0 Å². The number of non-ortho nitro benzene ring substituents is 1. The van der Waals surface area contributed by atoms with Crippen LogP contribution in [0.15, 0.2) is 81.1 Å². The van der Waals surface area contributed by atoms with E-state index in [1.54, 1.807) is 36.5 Å². The van der Waals surface area contributed by atoms with Gasteiger partial charge in [0.15, 0.2) is 0 Å². The second-order valence-corrected chi connectivity index (χ2v) is 9.00. The molecule has 35 heavy (non-hydrogen) atoms. The molecule has 0 saturated carbocycles. The maximum atomic E-state index is 13.2. The molecule has 178 valence electrons. The minimum Gasteiger partial charge on any atom is -0.489 e. The summed E-state index contributed by atoms with van der Waals surface area (Å²) in [5, 5.41) is 15.9. The highest BCUT2D eigenvalue weighted by Crippen LogP contribution is 2.21. The summed E-state index contributed by atoms with van der Waals surface area (Å²) >= 11 is 3.42. The van der Waals surface area contributed by atoms with E-state index in [9.17, 15) is 14.9 Å². The van der Waals surface area contributed by atoms with Crippen LogP contribution in [-0.4, -0.2) is 20.8 Å². The third-order valence-corrected chi connectivity index (χ3v) is 6.11. The summed E-state index contributed by atoms with van der Waals surface area (Å²) in [6.45, 7) is 4.27. The molecule has 8 nitrogen and oxygen atoms in total. The SMILES string of the molecule is CC[C@@H](C)c1nc2ccc(Br)cc2c(=O)n1N=Cc1ccc(OCc2cccc([N+](=O)[O-])c2)cc1. The van der Waals surface area contributed by atoms with E-state index >= 15 is 0 Å². The monoisotopic (exact) mass is 534 g/mol. The molecular formula is C26H23BrN4O4. The van der Waals surface area contributed by atoms with Crippen molar-refractivity contribution in [3.63, 3.8) is 0 Å². The lowest BCUT2D eigenvalue weighted by molar-refractivity contribution is -0.384. The van der Waals surface area contributed by atoms with Crippen LogP contribution in [-0.2, 0) is 6.61 Å². The summed E-state index contributed by atoms with van der Waals surface area (Å²) in [6.07, 6.45) is 2.43. The number of fused-ring (bicyclic) bond motifs is 1. The van der Waals surface area contributed by atoms with Gasteiger partial charge in [0.25, 0.3) is 11.2 Å². The molecule has 0 unspecified atom stereocenters. The molecule has 0 bridgehead atoms. The Balaban J connectivity index is 1.55. The van der Waals surface area contributed by atoms with Crippen molar-refractivity contribution >= 4 is 38.7 Å². The molecule has 0 radical (unpaired) electrons. The molecule has 0 fully saturated rings. The van der Waals surface area contributed by atoms with Gasteiger partial charge in [0.05, 0.1) is 22.0 Å². The lowest BCUT2D eigenvalue weighted by Gasteiger charge is -2.14. The van der Waals surface area contributed by atoms with Gasteiger partial charge in [-0.1, -0.05) is 41.9 Å². The van der Waals surface area contributed by atoms with E-state index in [0.29, 0.717) is 28.0 Å². The van der Waals surface area contributed by atoms with E-state index in [1.165, 1.54) is 16.8 Å². The zero-order valence-corrected chi connectivity index (χ0v) is 20.8. The molecule has 9 heteroatoms. The van der Waals surface area contributed by atoms with Gasteiger partial charge in [-0.2, -0.15) is 9.78 Å². The van der Waals surface area contributed by atoms with Crippen molar-refractivity contribution in [1.82, 2.24) is 9.66 Å². The summed E-state index contributed by atoms with van der Waals surface area (Å²) in [7, 11) is 0. The molecule has 4 aromatic rings. The molecule has 0 N–H and O–H groups in total. The van der Waals surface area contributed by atoms with Gasteiger partial charge in [-0.25, -0.2) is 4.98 Å². The molecule has 0 amide bonds. The van der Waals surface area contributed by atoms with Crippen LogP contribution >= 0.6 is 15.9 Å². The summed E-state index contributed by atoms with van der Waals surface area (Å²) in [6, 6.07) is 19.0. The third-order valence-electron chi connectivity index (χ3n) is 5.62. The Morgan fingerprint density at radius 1 is 1.17 bits per heavy atom. The van der Waals surface area contributed by atoms with E-state index < -0.39 is 4.92 Å². The van der Waals surface area contributed by atoms with Crippen molar-refractivity contribution in [3.05, 3.63) is 109 Å². The number of hydrogen-bond donors (Lipinski definition) is 0. The Morgan fingerprint density at radius 3 is 2.66 bits per heavy atom. The van der Waals surface area contributed by atoms with E-state index in [4.69, 9.17) is 9.72 Å². The van der Waals surface area contributed by atoms with Crippen molar-refractivity contribution in [3.8, 4) is 5.75 Å². The quantitative estimate of drug-likeness (QED) is 0.156. The smallest absolute Gasteiger partial charge is 0.282 e. The van der Waals surface area contributed by atoms with Gasteiger partial charge in [0.1, 0.15) is 18.2 Å². The maximum absolute atomic E-state index is 13.2. The van der Waals surface area contributed by atoms with Gasteiger partial charge in [-0.3, -0.25) is 14.9 Å². The van der Waals surface area contributed by atoms with Crippen LogP contribution in [0.2, 0.25) is 0 Å². The highest BCUT2D eigenvalue weighted by Gasteiger charge is 2.15. The minimum atomic E-state index is -0.431. The van der Waals surface area contributed by atoms with E-state index in [2.05, 4.69) is 21.0 Å². The highest BCUT2D eigenvalue weighted by atomic mass is 79.9. The van der Waals surface area contributed by atoms with Crippen LogP contribution in [0.3, 0.4) is 0 Å². The number of hydrogen-bond acceptors (Lipinski definition) is 6. The van der Waals surface area contributed by atoms with Crippen LogP contribution in [0.1, 0.15) is 43.1 Å². The normalized spacial score (nSPS) is 12.2. The van der Waals surface area contributed by atoms with Crippen LogP contribution < -0.4 is 10.3 Å². The predicted octanol–water partition coefficient (Wildman–Crippen LogP) is 6.04. The first-order chi connectivity index (χ1) is 16.9. The number of aromatic nitrogens is 2. The summed E-state index contributed by atoms with van der Waals surface area (Å²) in [5.41, 5.74) is 1.94. The minimum absolute atomic E-state index is 0.0280. The average Bonchev–Trinajstić information content (AvgIpc) is 2.87. The molecule has 0 aliphatic heterocycles. The van der Waals surface area contributed by atoms with Gasteiger partial charge in [-0.15, -0.1) is 0 Å². The first-order valence-electron chi connectivity index (χ1n) is 11.1. The van der Waals surface area contributed by atoms with Gasteiger partial charge in [0.2, 0.25) is 0 Å². The molecular weight excluding hydrogens is 512 g/mol. The fourth-order valence-electron chi connectivity index (χ4n) is 3.48. The topological polar surface area (TPSA) is 99.6 Å². The number of rotatable bonds is 8. The Labute approximate surface area is 210 Å². The molecule has 1 heterocycles. The zero-order valence-electron chi connectivity index (χ0n) is 19.2. The average molecular weight is 535 g/mol. The Kier molecular flexibility index (Phi) is 7.36. The number of ether oxygens (including phenoxy) is 1.